The Morgan fingerprint density at radius 2 is 1.64 bits per heavy atom. The quantitative estimate of drug-likeness (QED) is 0.355. The van der Waals surface area contributed by atoms with Gasteiger partial charge in [0.05, 0.1) is 12.2 Å². The van der Waals surface area contributed by atoms with Crippen LogP contribution in [0.2, 0.25) is 0 Å². The fourth-order valence-electron chi connectivity index (χ4n) is 2.58. The van der Waals surface area contributed by atoms with Crippen molar-refractivity contribution in [3.05, 3.63) is 58.7 Å². The molecule has 0 bridgehead atoms. The fraction of sp³-hybridized carbons (Fsp3) is 0.458. The van der Waals surface area contributed by atoms with Crippen LogP contribution in [-0.4, -0.2) is 24.3 Å². The number of allylic oxidation sites excluding steroid dienone is 5. The first kappa shape index (κ1) is 23.5. The predicted octanol–water partition coefficient (Wildman–Crippen LogP) is 6.37. The second kappa shape index (κ2) is 12.8. The maximum atomic E-state index is 11.8. The van der Waals surface area contributed by atoms with E-state index in [0.29, 0.717) is 18.8 Å². The van der Waals surface area contributed by atoms with Gasteiger partial charge in [0, 0.05) is 0 Å². The normalized spacial score (nSPS) is 11.9. The number of phenols is 1. The predicted molar refractivity (Wildman–Crippen MR) is 115 cm³/mol. The maximum absolute atomic E-state index is 11.8. The average molecular weight is 387 g/mol. The molecule has 0 saturated heterocycles. The van der Waals surface area contributed by atoms with Gasteiger partial charge < -0.3 is 14.6 Å². The standard InChI is InChI=1S/C24H34O4/c1-6-27-24(26)21-13-14-22(25)23(17-21)28-16-15-20(5)12-8-11-19(4)10-7-9-18(2)3/h9,11,13-15,17,25H,6-8,10,12,16H2,1-5H3. The molecule has 0 fully saturated rings. The van der Waals surface area contributed by atoms with Crippen LogP contribution in [0.1, 0.15) is 70.7 Å². The molecule has 0 atom stereocenters. The summed E-state index contributed by atoms with van der Waals surface area (Å²) in [4.78, 5) is 11.8. The minimum absolute atomic E-state index is 0.00836. The zero-order valence-corrected chi connectivity index (χ0v) is 17.9. The molecule has 0 aromatic heterocycles. The summed E-state index contributed by atoms with van der Waals surface area (Å²) in [7, 11) is 0. The van der Waals surface area contributed by atoms with Crippen molar-refractivity contribution in [3.63, 3.8) is 0 Å². The van der Waals surface area contributed by atoms with Gasteiger partial charge in [-0.25, -0.2) is 4.79 Å². The maximum Gasteiger partial charge on any atom is 0.338 e. The Kier molecular flexibility index (Phi) is 10.8. The van der Waals surface area contributed by atoms with E-state index in [9.17, 15) is 9.90 Å². The van der Waals surface area contributed by atoms with Gasteiger partial charge in [0.1, 0.15) is 6.61 Å². The highest BCUT2D eigenvalue weighted by Gasteiger charge is 2.10. The number of rotatable bonds is 11. The summed E-state index contributed by atoms with van der Waals surface area (Å²) >= 11 is 0. The van der Waals surface area contributed by atoms with Gasteiger partial charge in [0.2, 0.25) is 0 Å². The first-order valence-corrected chi connectivity index (χ1v) is 9.91. The Hall–Kier alpha value is -2.49. The van der Waals surface area contributed by atoms with E-state index in [1.165, 1.54) is 34.9 Å². The Morgan fingerprint density at radius 3 is 2.29 bits per heavy atom. The summed E-state index contributed by atoms with van der Waals surface area (Å²) in [5.74, 6) is -0.135. The first-order chi connectivity index (χ1) is 13.3. The highest BCUT2D eigenvalue weighted by atomic mass is 16.5. The van der Waals surface area contributed by atoms with E-state index in [-0.39, 0.29) is 11.5 Å². The van der Waals surface area contributed by atoms with Gasteiger partial charge >= 0.3 is 5.97 Å². The average Bonchev–Trinajstić information content (AvgIpc) is 2.63. The van der Waals surface area contributed by atoms with Crippen molar-refractivity contribution in [1.29, 1.82) is 0 Å². The zero-order valence-electron chi connectivity index (χ0n) is 17.9. The van der Waals surface area contributed by atoms with Gasteiger partial charge in [0.15, 0.2) is 11.5 Å². The fourth-order valence-corrected chi connectivity index (χ4v) is 2.58. The van der Waals surface area contributed by atoms with E-state index < -0.39 is 5.97 Å². The van der Waals surface area contributed by atoms with E-state index >= 15 is 0 Å². The number of esters is 1. The van der Waals surface area contributed by atoms with Crippen LogP contribution >= 0.6 is 0 Å². The molecule has 4 heteroatoms. The number of carbonyl (C=O) groups excluding carboxylic acids is 1. The molecular weight excluding hydrogens is 352 g/mol. The van der Waals surface area contributed by atoms with E-state index in [1.54, 1.807) is 6.92 Å². The zero-order chi connectivity index (χ0) is 20.9. The molecular formula is C24H34O4. The number of aromatic hydroxyl groups is 1. The number of benzene rings is 1. The molecule has 28 heavy (non-hydrogen) atoms. The van der Waals surface area contributed by atoms with Crippen molar-refractivity contribution in [1.82, 2.24) is 0 Å². The third kappa shape index (κ3) is 9.45. The van der Waals surface area contributed by atoms with Crippen LogP contribution in [0.5, 0.6) is 11.5 Å². The number of carbonyl (C=O) groups is 1. The Balaban J connectivity index is 2.48. The third-order valence-electron chi connectivity index (χ3n) is 4.26. The summed E-state index contributed by atoms with van der Waals surface area (Å²) in [6.07, 6.45) is 10.8. The molecule has 0 spiro atoms. The molecule has 1 aromatic carbocycles. The van der Waals surface area contributed by atoms with Crippen LogP contribution in [0.4, 0.5) is 0 Å². The van der Waals surface area contributed by atoms with Crippen LogP contribution in [0.25, 0.3) is 0 Å². The summed E-state index contributed by atoms with van der Waals surface area (Å²) in [5, 5.41) is 9.91. The summed E-state index contributed by atoms with van der Waals surface area (Å²) in [5.41, 5.74) is 4.38. The Labute approximate surface area is 169 Å². The molecule has 0 saturated carbocycles. The van der Waals surface area contributed by atoms with Crippen LogP contribution in [0, 0.1) is 0 Å². The molecule has 1 N–H and O–H groups in total. The summed E-state index contributed by atoms with van der Waals surface area (Å²) < 4.78 is 10.6. The second-order valence-electron chi connectivity index (χ2n) is 7.17. The first-order valence-electron chi connectivity index (χ1n) is 9.91. The van der Waals surface area contributed by atoms with Crippen molar-refractivity contribution >= 4 is 5.97 Å². The second-order valence-corrected chi connectivity index (χ2v) is 7.17. The van der Waals surface area contributed by atoms with Gasteiger partial charge in [-0.15, -0.1) is 0 Å². The van der Waals surface area contributed by atoms with E-state index in [2.05, 4.69) is 39.8 Å². The van der Waals surface area contributed by atoms with Crippen molar-refractivity contribution in [3.8, 4) is 11.5 Å². The summed E-state index contributed by atoms with van der Waals surface area (Å²) in [6.45, 7) is 10.9. The van der Waals surface area contributed by atoms with Crippen molar-refractivity contribution in [2.75, 3.05) is 13.2 Å². The molecule has 0 heterocycles. The molecule has 0 aliphatic heterocycles. The van der Waals surface area contributed by atoms with Gasteiger partial charge in [-0.1, -0.05) is 28.9 Å². The molecule has 154 valence electrons. The van der Waals surface area contributed by atoms with E-state index in [1.807, 2.05) is 6.08 Å². The molecule has 0 unspecified atom stereocenters. The SMILES string of the molecule is CCOC(=O)c1ccc(O)c(OCC=C(C)CCC=C(C)CCC=C(C)C)c1. The number of ether oxygens (including phenoxy) is 2. The van der Waals surface area contributed by atoms with Crippen LogP contribution in [0.15, 0.2) is 53.1 Å². The van der Waals surface area contributed by atoms with Gasteiger partial charge in [-0.05, 0) is 84.6 Å². The highest BCUT2D eigenvalue weighted by molar-refractivity contribution is 5.90. The van der Waals surface area contributed by atoms with Crippen LogP contribution < -0.4 is 4.74 Å². The lowest BCUT2D eigenvalue weighted by molar-refractivity contribution is 0.0526. The summed E-state index contributed by atoms with van der Waals surface area (Å²) in [6, 6.07) is 4.48. The van der Waals surface area contributed by atoms with Crippen molar-refractivity contribution < 1.29 is 19.4 Å². The highest BCUT2D eigenvalue weighted by Crippen LogP contribution is 2.27. The number of phenolic OH excluding ortho intramolecular Hbond substituents is 1. The van der Waals surface area contributed by atoms with Gasteiger partial charge in [0.25, 0.3) is 0 Å². The van der Waals surface area contributed by atoms with E-state index in [4.69, 9.17) is 9.47 Å². The minimum Gasteiger partial charge on any atom is -0.504 e. The van der Waals surface area contributed by atoms with Crippen molar-refractivity contribution in [2.24, 2.45) is 0 Å². The van der Waals surface area contributed by atoms with Gasteiger partial charge in [-0.3, -0.25) is 0 Å². The Bertz CT molecular complexity index is 722. The van der Waals surface area contributed by atoms with Crippen LogP contribution in [-0.2, 0) is 4.74 Å². The smallest absolute Gasteiger partial charge is 0.338 e. The molecule has 1 rings (SSSR count). The molecule has 0 amide bonds. The minimum atomic E-state index is -0.425. The topological polar surface area (TPSA) is 55.8 Å². The van der Waals surface area contributed by atoms with Gasteiger partial charge in [-0.2, -0.15) is 0 Å². The molecule has 0 aliphatic rings. The largest absolute Gasteiger partial charge is 0.504 e. The number of hydrogen-bond acceptors (Lipinski definition) is 4. The lowest BCUT2D eigenvalue weighted by Crippen LogP contribution is -2.05. The molecule has 4 nitrogen and oxygen atoms in total. The van der Waals surface area contributed by atoms with Crippen LogP contribution in [0.3, 0.4) is 0 Å². The third-order valence-corrected chi connectivity index (χ3v) is 4.26. The van der Waals surface area contributed by atoms with E-state index in [0.717, 1.165) is 25.7 Å². The molecule has 0 aliphatic carbocycles. The lowest BCUT2D eigenvalue weighted by atomic mass is 10.1. The van der Waals surface area contributed by atoms with Crippen molar-refractivity contribution in [2.45, 2.75) is 60.3 Å². The number of hydrogen-bond donors (Lipinski definition) is 1. The lowest BCUT2D eigenvalue weighted by Gasteiger charge is -2.09. The molecule has 1 aromatic rings. The monoisotopic (exact) mass is 386 g/mol. The Morgan fingerprint density at radius 1 is 1.00 bits per heavy atom. The molecule has 0 radical (unpaired) electrons.